The summed E-state index contributed by atoms with van der Waals surface area (Å²) in [6.45, 7) is -0.200. The number of amides is 3. The maximum absolute atomic E-state index is 12.8. The van der Waals surface area contributed by atoms with Crippen molar-refractivity contribution in [2.24, 2.45) is 5.73 Å². The first kappa shape index (κ1) is 24.8. The van der Waals surface area contributed by atoms with Gasteiger partial charge in [-0.05, 0) is 18.6 Å². The van der Waals surface area contributed by atoms with Gasteiger partial charge in [-0.2, -0.15) is 0 Å². The van der Waals surface area contributed by atoms with Gasteiger partial charge in [0.15, 0.2) is 0 Å². The number of aliphatic hydroxyl groups is 2. The minimum atomic E-state index is -1.57. The molecule has 0 aliphatic heterocycles. The number of nitrogens with two attached hydrogens (primary N) is 1. The number of nitrogens with one attached hydrogen (secondary N) is 4. The number of carboxylic acids is 1. The third-order valence-electron chi connectivity index (χ3n) is 4.76. The molecule has 174 valence electrons. The fourth-order valence-electron chi connectivity index (χ4n) is 2.96. The summed E-state index contributed by atoms with van der Waals surface area (Å²) in [5.74, 6) is -3.85. The van der Waals surface area contributed by atoms with Gasteiger partial charge in [0.2, 0.25) is 17.7 Å². The number of hydrogen-bond donors (Lipinski definition) is 8. The number of carbonyl (C=O) groups excluding carboxylic acids is 3. The summed E-state index contributed by atoms with van der Waals surface area (Å²) in [4.78, 5) is 51.4. The van der Waals surface area contributed by atoms with E-state index >= 15 is 0 Å². The van der Waals surface area contributed by atoms with Gasteiger partial charge in [-0.15, -0.1) is 0 Å². The Morgan fingerprint density at radius 2 is 1.50 bits per heavy atom. The van der Waals surface area contributed by atoms with E-state index in [0.717, 1.165) is 10.9 Å². The molecule has 0 bridgehead atoms. The smallest absolute Gasteiger partial charge is 0.328 e. The molecule has 1 heterocycles. The second-order valence-corrected chi connectivity index (χ2v) is 7.24. The number of fused-ring (bicyclic) bond motifs is 1. The zero-order valence-corrected chi connectivity index (χ0v) is 17.4. The number of aliphatic hydroxyl groups excluding tert-OH is 2. The van der Waals surface area contributed by atoms with E-state index in [9.17, 15) is 29.4 Å². The Labute approximate surface area is 183 Å². The van der Waals surface area contributed by atoms with Gasteiger partial charge in [-0.25, -0.2) is 4.79 Å². The van der Waals surface area contributed by atoms with Crippen LogP contribution in [0.5, 0.6) is 0 Å². The molecule has 0 aliphatic rings. The van der Waals surface area contributed by atoms with Crippen LogP contribution in [0.1, 0.15) is 12.5 Å². The molecular weight excluding hydrogens is 422 g/mol. The molecule has 3 amide bonds. The van der Waals surface area contributed by atoms with E-state index in [1.165, 1.54) is 6.92 Å². The third-order valence-corrected chi connectivity index (χ3v) is 4.76. The number of aromatic amines is 1. The van der Waals surface area contributed by atoms with Crippen molar-refractivity contribution < 1.29 is 34.5 Å². The van der Waals surface area contributed by atoms with Crippen molar-refractivity contribution in [2.45, 2.75) is 37.5 Å². The number of carbonyl (C=O) groups is 4. The van der Waals surface area contributed by atoms with Crippen molar-refractivity contribution in [1.29, 1.82) is 0 Å². The van der Waals surface area contributed by atoms with Gasteiger partial charge in [0.05, 0.1) is 19.3 Å². The first-order valence-electron chi connectivity index (χ1n) is 9.84. The summed E-state index contributed by atoms with van der Waals surface area (Å²) in [7, 11) is 0. The zero-order chi connectivity index (χ0) is 23.8. The van der Waals surface area contributed by atoms with Crippen LogP contribution in [0.3, 0.4) is 0 Å². The molecule has 0 saturated carbocycles. The molecule has 4 atom stereocenters. The van der Waals surface area contributed by atoms with Crippen LogP contribution < -0.4 is 21.7 Å². The molecule has 0 aliphatic carbocycles. The average molecular weight is 449 g/mol. The molecule has 1 aromatic heterocycles. The topological polar surface area (TPSA) is 207 Å². The average Bonchev–Trinajstić information content (AvgIpc) is 3.17. The molecule has 9 N–H and O–H groups in total. The van der Waals surface area contributed by atoms with E-state index in [1.54, 1.807) is 12.3 Å². The van der Waals surface area contributed by atoms with Crippen LogP contribution in [-0.2, 0) is 25.6 Å². The highest BCUT2D eigenvalue weighted by molar-refractivity contribution is 5.94. The quantitative estimate of drug-likeness (QED) is 0.185. The Hall–Kier alpha value is -3.48. The first-order valence-corrected chi connectivity index (χ1v) is 9.84. The van der Waals surface area contributed by atoms with Crippen LogP contribution >= 0.6 is 0 Å². The van der Waals surface area contributed by atoms with Gasteiger partial charge in [-0.1, -0.05) is 18.2 Å². The Bertz CT molecular complexity index is 974. The molecule has 2 aromatic rings. The van der Waals surface area contributed by atoms with Crippen molar-refractivity contribution in [3.8, 4) is 0 Å². The second kappa shape index (κ2) is 11.2. The van der Waals surface area contributed by atoms with E-state index in [4.69, 9.17) is 10.8 Å². The van der Waals surface area contributed by atoms with Crippen LogP contribution in [-0.4, -0.2) is 81.4 Å². The van der Waals surface area contributed by atoms with Crippen LogP contribution in [0, 0.1) is 0 Å². The summed E-state index contributed by atoms with van der Waals surface area (Å²) in [6.07, 6.45) is 1.62. The van der Waals surface area contributed by atoms with E-state index < -0.39 is 61.1 Å². The zero-order valence-electron chi connectivity index (χ0n) is 17.4. The number of benzene rings is 1. The molecule has 0 saturated heterocycles. The summed E-state index contributed by atoms with van der Waals surface area (Å²) >= 11 is 0. The summed E-state index contributed by atoms with van der Waals surface area (Å²) in [5.41, 5.74) is 6.92. The molecule has 2 rings (SSSR count). The molecule has 12 nitrogen and oxygen atoms in total. The van der Waals surface area contributed by atoms with Gasteiger partial charge < -0.3 is 42.0 Å². The first-order chi connectivity index (χ1) is 15.2. The number of rotatable bonds is 11. The van der Waals surface area contributed by atoms with E-state index in [2.05, 4.69) is 20.9 Å². The third kappa shape index (κ3) is 6.26. The van der Waals surface area contributed by atoms with Crippen LogP contribution in [0.4, 0.5) is 0 Å². The fourth-order valence-corrected chi connectivity index (χ4v) is 2.96. The van der Waals surface area contributed by atoms with Crippen LogP contribution in [0.2, 0.25) is 0 Å². The summed E-state index contributed by atoms with van der Waals surface area (Å²) in [5, 5.41) is 35.5. The highest BCUT2D eigenvalue weighted by Crippen LogP contribution is 2.19. The van der Waals surface area contributed by atoms with Gasteiger partial charge in [0.25, 0.3) is 0 Å². The highest BCUT2D eigenvalue weighted by atomic mass is 16.4. The molecule has 0 spiro atoms. The Morgan fingerprint density at radius 1 is 0.938 bits per heavy atom. The van der Waals surface area contributed by atoms with Gasteiger partial charge in [0, 0.05) is 23.5 Å². The number of aromatic nitrogens is 1. The lowest BCUT2D eigenvalue weighted by molar-refractivity contribution is -0.143. The SMILES string of the molecule is CC(N)C(=O)NC(CO)C(=O)NC(Cc1c[nH]c2ccccc12)C(=O)NC(CO)C(=O)O. The number of carboxylic acid groups (broad SMARTS) is 1. The number of hydrogen-bond acceptors (Lipinski definition) is 7. The standard InChI is InChI=1S/C20H27N5O7/c1-10(21)17(28)24-15(8-26)19(30)23-14(18(29)25-16(9-27)20(31)32)6-11-7-22-13-5-3-2-4-12(11)13/h2-5,7,10,14-16,22,26-27H,6,8-9,21H2,1H3,(H,23,30)(H,24,28)(H,25,29)(H,31,32). The van der Waals surface area contributed by atoms with Crippen molar-refractivity contribution in [3.05, 3.63) is 36.0 Å². The predicted molar refractivity (Wildman–Crippen MR) is 113 cm³/mol. The lowest BCUT2D eigenvalue weighted by atomic mass is 10.0. The molecular formula is C20H27N5O7. The van der Waals surface area contributed by atoms with Crippen LogP contribution in [0.25, 0.3) is 10.9 Å². The van der Waals surface area contributed by atoms with Crippen molar-refractivity contribution in [3.63, 3.8) is 0 Å². The van der Waals surface area contributed by atoms with Gasteiger partial charge in [-0.3, -0.25) is 14.4 Å². The number of H-pyrrole nitrogens is 1. The van der Waals surface area contributed by atoms with Crippen molar-refractivity contribution in [2.75, 3.05) is 13.2 Å². The number of para-hydroxylation sites is 1. The lowest BCUT2D eigenvalue weighted by Gasteiger charge is -2.23. The normalized spacial score (nSPS) is 14.8. The van der Waals surface area contributed by atoms with Crippen molar-refractivity contribution >= 4 is 34.6 Å². The summed E-state index contributed by atoms with van der Waals surface area (Å²) in [6, 6.07) is 2.11. The minimum Gasteiger partial charge on any atom is -0.480 e. The molecule has 12 heteroatoms. The predicted octanol–water partition coefficient (Wildman–Crippen LogP) is -2.42. The van der Waals surface area contributed by atoms with Crippen molar-refractivity contribution in [1.82, 2.24) is 20.9 Å². The Morgan fingerprint density at radius 3 is 2.09 bits per heavy atom. The van der Waals surface area contributed by atoms with Crippen LogP contribution in [0.15, 0.2) is 30.5 Å². The maximum Gasteiger partial charge on any atom is 0.328 e. The highest BCUT2D eigenvalue weighted by Gasteiger charge is 2.30. The Kier molecular flexibility index (Phi) is 8.70. The summed E-state index contributed by atoms with van der Waals surface area (Å²) < 4.78 is 0. The van der Waals surface area contributed by atoms with E-state index in [0.29, 0.717) is 5.56 Å². The second-order valence-electron chi connectivity index (χ2n) is 7.24. The Balaban J connectivity index is 2.26. The minimum absolute atomic E-state index is 0.0290. The molecule has 32 heavy (non-hydrogen) atoms. The van der Waals surface area contributed by atoms with E-state index in [-0.39, 0.29) is 6.42 Å². The molecule has 1 aromatic carbocycles. The molecule has 4 unspecified atom stereocenters. The monoisotopic (exact) mass is 449 g/mol. The molecule has 0 radical (unpaired) electrons. The maximum atomic E-state index is 12.8. The molecule has 0 fully saturated rings. The lowest BCUT2D eigenvalue weighted by Crippen LogP contribution is -2.58. The number of aliphatic carboxylic acids is 1. The fraction of sp³-hybridized carbons (Fsp3) is 0.400. The van der Waals surface area contributed by atoms with Gasteiger partial charge >= 0.3 is 5.97 Å². The van der Waals surface area contributed by atoms with E-state index in [1.807, 2.05) is 18.2 Å². The largest absolute Gasteiger partial charge is 0.480 e. The van der Waals surface area contributed by atoms with Gasteiger partial charge in [0.1, 0.15) is 18.1 Å².